The molecule has 0 bridgehead atoms. The largest absolute Gasteiger partial charge is 0.394 e. The van der Waals surface area contributed by atoms with Crippen LogP contribution in [0.4, 0.5) is 5.69 Å². The monoisotopic (exact) mass is 267 g/mol. The predicted octanol–water partition coefficient (Wildman–Crippen LogP) is 2.46. The van der Waals surface area contributed by atoms with Crippen LogP contribution < -0.4 is 4.90 Å². The summed E-state index contributed by atoms with van der Waals surface area (Å²) in [4.78, 5) is 6.37. The highest BCUT2D eigenvalue weighted by molar-refractivity contribution is 5.89. The molecule has 2 aromatic rings. The van der Waals surface area contributed by atoms with Gasteiger partial charge in [-0.1, -0.05) is 0 Å². The number of aromatic nitrogens is 1. The van der Waals surface area contributed by atoms with Crippen molar-refractivity contribution in [3.63, 3.8) is 0 Å². The van der Waals surface area contributed by atoms with Crippen LogP contribution in [0, 0.1) is 11.3 Å². The highest BCUT2D eigenvalue weighted by Gasteiger charge is 2.30. The van der Waals surface area contributed by atoms with Crippen molar-refractivity contribution in [1.29, 1.82) is 5.26 Å². The molecule has 1 aromatic heterocycles. The smallest absolute Gasteiger partial charge is 0.148 e. The van der Waals surface area contributed by atoms with Crippen molar-refractivity contribution in [3.8, 4) is 6.07 Å². The standard InChI is InChI=1S/C16H17N3O/c1-11-2-3-14(10-20)19(11)13-4-5-15-12(8-13)6-7-18-16(15)9-17/h4-8,11,14,20H,2-3,10H2,1H3/t11-,14-/m0/s1. The molecule has 0 saturated carbocycles. The van der Waals surface area contributed by atoms with Crippen molar-refractivity contribution in [1.82, 2.24) is 4.98 Å². The fraction of sp³-hybridized carbons (Fsp3) is 0.375. The Hall–Kier alpha value is -2.12. The molecule has 1 N–H and O–H groups in total. The van der Waals surface area contributed by atoms with Gasteiger partial charge in [-0.15, -0.1) is 0 Å². The van der Waals surface area contributed by atoms with Crippen LogP contribution in [-0.4, -0.2) is 28.8 Å². The third-order valence-corrected chi connectivity index (χ3v) is 4.15. The minimum Gasteiger partial charge on any atom is -0.394 e. The zero-order valence-corrected chi connectivity index (χ0v) is 11.5. The molecular formula is C16H17N3O. The van der Waals surface area contributed by atoms with Gasteiger partial charge in [-0.25, -0.2) is 4.98 Å². The van der Waals surface area contributed by atoms with Gasteiger partial charge in [0.1, 0.15) is 11.8 Å². The summed E-state index contributed by atoms with van der Waals surface area (Å²) in [6.45, 7) is 2.37. The average Bonchev–Trinajstić information content (AvgIpc) is 2.86. The van der Waals surface area contributed by atoms with E-state index in [0.29, 0.717) is 11.7 Å². The Morgan fingerprint density at radius 1 is 1.40 bits per heavy atom. The lowest BCUT2D eigenvalue weighted by molar-refractivity contribution is 0.265. The number of nitriles is 1. The van der Waals surface area contributed by atoms with Gasteiger partial charge in [0.15, 0.2) is 0 Å². The van der Waals surface area contributed by atoms with Crippen molar-refractivity contribution in [2.24, 2.45) is 0 Å². The summed E-state index contributed by atoms with van der Waals surface area (Å²) in [6.07, 6.45) is 3.79. The van der Waals surface area contributed by atoms with Gasteiger partial charge in [-0.05, 0) is 49.4 Å². The maximum absolute atomic E-state index is 9.52. The molecule has 102 valence electrons. The number of hydrogen-bond acceptors (Lipinski definition) is 4. The minimum atomic E-state index is 0.183. The Morgan fingerprint density at radius 2 is 2.25 bits per heavy atom. The number of fused-ring (bicyclic) bond motifs is 1. The summed E-state index contributed by atoms with van der Waals surface area (Å²) in [7, 11) is 0. The molecule has 1 aliphatic heterocycles. The Bertz CT molecular complexity index is 677. The molecule has 1 aliphatic rings. The fourth-order valence-electron chi connectivity index (χ4n) is 3.13. The maximum atomic E-state index is 9.52. The summed E-state index contributed by atoms with van der Waals surface area (Å²) in [6, 6.07) is 10.7. The molecular weight excluding hydrogens is 250 g/mol. The highest BCUT2D eigenvalue weighted by Crippen LogP contribution is 2.32. The molecule has 1 fully saturated rings. The zero-order valence-electron chi connectivity index (χ0n) is 11.5. The van der Waals surface area contributed by atoms with E-state index < -0.39 is 0 Å². The number of benzene rings is 1. The molecule has 0 unspecified atom stereocenters. The van der Waals surface area contributed by atoms with Gasteiger partial charge in [0.05, 0.1) is 12.6 Å². The first-order chi connectivity index (χ1) is 9.74. The number of nitrogens with zero attached hydrogens (tertiary/aromatic N) is 3. The van der Waals surface area contributed by atoms with Gasteiger partial charge < -0.3 is 10.0 Å². The SMILES string of the molecule is C[C@H]1CC[C@@H](CO)N1c1ccc2c(C#N)nccc2c1. The van der Waals surface area contributed by atoms with Crippen LogP contribution in [0.1, 0.15) is 25.5 Å². The minimum absolute atomic E-state index is 0.183. The summed E-state index contributed by atoms with van der Waals surface area (Å²) in [5.74, 6) is 0. The average molecular weight is 267 g/mol. The van der Waals surface area contributed by atoms with Crippen molar-refractivity contribution in [2.75, 3.05) is 11.5 Å². The second-order valence-corrected chi connectivity index (χ2v) is 5.35. The second kappa shape index (κ2) is 5.10. The van der Waals surface area contributed by atoms with Crippen LogP contribution in [-0.2, 0) is 0 Å². The third kappa shape index (κ3) is 2.00. The van der Waals surface area contributed by atoms with E-state index in [9.17, 15) is 5.11 Å². The summed E-state index contributed by atoms with van der Waals surface area (Å²) in [5, 5.41) is 20.5. The normalized spacial score (nSPS) is 22.1. The van der Waals surface area contributed by atoms with Gasteiger partial charge in [0, 0.05) is 23.3 Å². The lowest BCUT2D eigenvalue weighted by Gasteiger charge is -2.30. The lowest BCUT2D eigenvalue weighted by atomic mass is 10.1. The molecule has 0 aliphatic carbocycles. The number of hydrogen-bond donors (Lipinski definition) is 1. The van der Waals surface area contributed by atoms with Crippen molar-refractivity contribution in [3.05, 3.63) is 36.2 Å². The second-order valence-electron chi connectivity index (χ2n) is 5.35. The molecule has 4 nitrogen and oxygen atoms in total. The first-order valence-corrected chi connectivity index (χ1v) is 6.92. The van der Waals surface area contributed by atoms with Crippen LogP contribution in [0.15, 0.2) is 30.5 Å². The molecule has 0 spiro atoms. The molecule has 2 heterocycles. The van der Waals surface area contributed by atoms with E-state index in [-0.39, 0.29) is 12.6 Å². The van der Waals surface area contributed by atoms with Crippen molar-refractivity contribution in [2.45, 2.75) is 31.8 Å². The van der Waals surface area contributed by atoms with Crippen LogP contribution in [0.2, 0.25) is 0 Å². The molecule has 0 radical (unpaired) electrons. The van der Waals surface area contributed by atoms with E-state index in [1.807, 2.05) is 18.2 Å². The molecule has 1 aromatic carbocycles. The van der Waals surface area contributed by atoms with Gasteiger partial charge in [-0.3, -0.25) is 0 Å². The number of pyridine rings is 1. The first kappa shape index (κ1) is 12.9. The van der Waals surface area contributed by atoms with Crippen LogP contribution in [0.5, 0.6) is 0 Å². The van der Waals surface area contributed by atoms with Crippen LogP contribution in [0.3, 0.4) is 0 Å². The molecule has 4 heteroatoms. The fourth-order valence-corrected chi connectivity index (χ4v) is 3.13. The van der Waals surface area contributed by atoms with Gasteiger partial charge in [0.2, 0.25) is 0 Å². The van der Waals surface area contributed by atoms with Crippen LogP contribution in [0.25, 0.3) is 10.8 Å². The van der Waals surface area contributed by atoms with E-state index in [2.05, 4.69) is 28.9 Å². The van der Waals surface area contributed by atoms with E-state index in [1.54, 1.807) is 6.20 Å². The summed E-state index contributed by atoms with van der Waals surface area (Å²) >= 11 is 0. The van der Waals surface area contributed by atoms with Crippen molar-refractivity contribution >= 4 is 16.5 Å². The Balaban J connectivity index is 2.07. The third-order valence-electron chi connectivity index (χ3n) is 4.15. The van der Waals surface area contributed by atoms with E-state index >= 15 is 0 Å². The molecule has 3 rings (SSSR count). The number of aliphatic hydroxyl groups excluding tert-OH is 1. The quantitative estimate of drug-likeness (QED) is 0.908. The van der Waals surface area contributed by atoms with Gasteiger partial charge in [-0.2, -0.15) is 5.26 Å². The van der Waals surface area contributed by atoms with E-state index in [4.69, 9.17) is 5.26 Å². The first-order valence-electron chi connectivity index (χ1n) is 6.92. The molecule has 2 atom stereocenters. The molecule has 20 heavy (non-hydrogen) atoms. The lowest BCUT2D eigenvalue weighted by Crippen LogP contribution is -2.36. The number of aliphatic hydroxyl groups is 1. The Labute approximate surface area is 118 Å². The van der Waals surface area contributed by atoms with Crippen LogP contribution >= 0.6 is 0 Å². The maximum Gasteiger partial charge on any atom is 0.148 e. The Morgan fingerprint density at radius 3 is 3.00 bits per heavy atom. The summed E-state index contributed by atoms with van der Waals surface area (Å²) < 4.78 is 0. The van der Waals surface area contributed by atoms with Crippen molar-refractivity contribution < 1.29 is 5.11 Å². The molecule has 1 saturated heterocycles. The highest BCUT2D eigenvalue weighted by atomic mass is 16.3. The number of rotatable bonds is 2. The Kier molecular flexibility index (Phi) is 3.29. The zero-order chi connectivity index (χ0) is 14.1. The van der Waals surface area contributed by atoms with Gasteiger partial charge in [0.25, 0.3) is 0 Å². The van der Waals surface area contributed by atoms with Gasteiger partial charge >= 0.3 is 0 Å². The van der Waals surface area contributed by atoms with E-state index in [0.717, 1.165) is 29.3 Å². The predicted molar refractivity (Wildman–Crippen MR) is 78.5 cm³/mol. The van der Waals surface area contributed by atoms with E-state index in [1.165, 1.54) is 0 Å². The molecule has 0 amide bonds. The number of anilines is 1. The summed E-state index contributed by atoms with van der Waals surface area (Å²) in [5.41, 5.74) is 1.57. The topological polar surface area (TPSA) is 60.1 Å².